The molecule has 0 saturated carbocycles. The Morgan fingerprint density at radius 3 is 2.81 bits per heavy atom. The number of hydrogen-bond donors (Lipinski definition) is 1. The SMILES string of the molecule is NCCn1c(Cl)nc2cc(Cl)ccc2c1=O. The van der Waals surface area contributed by atoms with Gasteiger partial charge >= 0.3 is 0 Å². The molecule has 0 fully saturated rings. The Morgan fingerprint density at radius 1 is 1.38 bits per heavy atom. The van der Waals surface area contributed by atoms with E-state index in [1.54, 1.807) is 18.2 Å². The lowest BCUT2D eigenvalue weighted by Crippen LogP contribution is -2.25. The summed E-state index contributed by atoms with van der Waals surface area (Å²) < 4.78 is 1.35. The predicted molar refractivity (Wildman–Crippen MR) is 65.1 cm³/mol. The zero-order valence-electron chi connectivity index (χ0n) is 8.28. The van der Waals surface area contributed by atoms with Gasteiger partial charge in [-0.05, 0) is 29.8 Å². The van der Waals surface area contributed by atoms with Gasteiger partial charge in [-0.2, -0.15) is 0 Å². The van der Waals surface area contributed by atoms with Gasteiger partial charge in [-0.25, -0.2) is 4.98 Å². The number of benzene rings is 1. The zero-order chi connectivity index (χ0) is 11.7. The first-order chi connectivity index (χ1) is 7.63. The maximum atomic E-state index is 12.0. The molecule has 2 N–H and O–H groups in total. The van der Waals surface area contributed by atoms with Crippen LogP contribution in [0.3, 0.4) is 0 Å². The van der Waals surface area contributed by atoms with Crippen LogP contribution < -0.4 is 11.3 Å². The van der Waals surface area contributed by atoms with Gasteiger partial charge in [0.2, 0.25) is 5.28 Å². The monoisotopic (exact) mass is 257 g/mol. The van der Waals surface area contributed by atoms with Gasteiger partial charge in [0.15, 0.2) is 0 Å². The van der Waals surface area contributed by atoms with Gasteiger partial charge < -0.3 is 5.73 Å². The molecular formula is C10H9Cl2N3O. The summed E-state index contributed by atoms with van der Waals surface area (Å²) in [6.07, 6.45) is 0. The standard InChI is InChI=1S/C10H9Cl2N3O/c11-6-1-2-7-8(5-6)14-10(12)15(4-3-13)9(7)16/h1-2,5H,3-4,13H2. The maximum absolute atomic E-state index is 12.0. The molecule has 16 heavy (non-hydrogen) atoms. The molecule has 0 spiro atoms. The molecule has 6 heteroatoms. The van der Waals surface area contributed by atoms with Crippen LogP contribution in [0, 0.1) is 0 Å². The lowest BCUT2D eigenvalue weighted by molar-refractivity contribution is 0.675. The second-order valence-corrected chi connectivity index (χ2v) is 4.06. The largest absolute Gasteiger partial charge is 0.329 e. The van der Waals surface area contributed by atoms with Crippen LogP contribution in [0.4, 0.5) is 0 Å². The molecule has 0 unspecified atom stereocenters. The van der Waals surface area contributed by atoms with E-state index in [1.165, 1.54) is 4.57 Å². The lowest BCUT2D eigenvalue weighted by Gasteiger charge is -2.07. The van der Waals surface area contributed by atoms with E-state index in [0.29, 0.717) is 29.0 Å². The van der Waals surface area contributed by atoms with Crippen LogP contribution in [-0.4, -0.2) is 16.1 Å². The van der Waals surface area contributed by atoms with Crippen molar-refractivity contribution in [3.8, 4) is 0 Å². The molecule has 0 aliphatic heterocycles. The second-order valence-electron chi connectivity index (χ2n) is 3.29. The van der Waals surface area contributed by atoms with Gasteiger partial charge in [-0.1, -0.05) is 11.6 Å². The molecule has 0 bridgehead atoms. The fourth-order valence-electron chi connectivity index (χ4n) is 1.49. The smallest absolute Gasteiger partial charge is 0.262 e. The minimum absolute atomic E-state index is 0.130. The number of nitrogens with zero attached hydrogens (tertiary/aromatic N) is 2. The molecule has 0 aliphatic rings. The number of nitrogens with two attached hydrogens (primary N) is 1. The Morgan fingerprint density at radius 2 is 2.12 bits per heavy atom. The summed E-state index contributed by atoms with van der Waals surface area (Å²) in [6.45, 7) is 0.684. The van der Waals surface area contributed by atoms with Crippen LogP contribution in [0.1, 0.15) is 0 Å². The first-order valence-electron chi connectivity index (χ1n) is 4.69. The molecule has 0 saturated heterocycles. The minimum atomic E-state index is -0.197. The summed E-state index contributed by atoms with van der Waals surface area (Å²) in [7, 11) is 0. The summed E-state index contributed by atoms with van der Waals surface area (Å²) in [5.74, 6) is 0. The molecule has 0 amide bonds. The molecule has 0 atom stereocenters. The highest BCUT2D eigenvalue weighted by molar-refractivity contribution is 6.31. The summed E-state index contributed by atoms with van der Waals surface area (Å²) in [4.78, 5) is 16.1. The van der Waals surface area contributed by atoms with Crippen molar-refractivity contribution < 1.29 is 0 Å². The van der Waals surface area contributed by atoms with E-state index in [9.17, 15) is 4.79 Å². The van der Waals surface area contributed by atoms with E-state index < -0.39 is 0 Å². The van der Waals surface area contributed by atoms with Gasteiger partial charge in [0.1, 0.15) is 0 Å². The van der Waals surface area contributed by atoms with Crippen LogP contribution in [-0.2, 0) is 6.54 Å². The molecule has 0 radical (unpaired) electrons. The Balaban J connectivity index is 2.78. The molecule has 0 aliphatic carbocycles. The van der Waals surface area contributed by atoms with Crippen molar-refractivity contribution in [3.63, 3.8) is 0 Å². The molecule has 2 aromatic rings. The van der Waals surface area contributed by atoms with E-state index in [0.717, 1.165) is 0 Å². The fraction of sp³-hybridized carbons (Fsp3) is 0.200. The van der Waals surface area contributed by atoms with Crippen molar-refractivity contribution in [3.05, 3.63) is 38.9 Å². The van der Waals surface area contributed by atoms with Gasteiger partial charge in [-0.15, -0.1) is 0 Å². The van der Waals surface area contributed by atoms with Crippen molar-refractivity contribution in [1.82, 2.24) is 9.55 Å². The van der Waals surface area contributed by atoms with Crippen LogP contribution >= 0.6 is 23.2 Å². The quantitative estimate of drug-likeness (QED) is 0.833. The summed E-state index contributed by atoms with van der Waals surface area (Å²) in [5.41, 5.74) is 5.70. The highest BCUT2D eigenvalue weighted by Crippen LogP contribution is 2.16. The second kappa shape index (κ2) is 4.41. The van der Waals surface area contributed by atoms with Crippen molar-refractivity contribution >= 4 is 34.1 Å². The van der Waals surface area contributed by atoms with E-state index in [4.69, 9.17) is 28.9 Å². The van der Waals surface area contributed by atoms with Crippen molar-refractivity contribution in [2.75, 3.05) is 6.54 Å². The van der Waals surface area contributed by atoms with E-state index in [-0.39, 0.29) is 10.8 Å². The Labute approximate surface area is 102 Å². The van der Waals surface area contributed by atoms with Crippen molar-refractivity contribution in [2.45, 2.75) is 6.54 Å². The number of aromatic nitrogens is 2. The third-order valence-corrected chi connectivity index (χ3v) is 2.75. The molecule has 1 aromatic heterocycles. The Bertz CT molecular complexity index is 594. The van der Waals surface area contributed by atoms with Crippen LogP contribution in [0.15, 0.2) is 23.0 Å². The molecule has 84 valence electrons. The fourth-order valence-corrected chi connectivity index (χ4v) is 1.91. The van der Waals surface area contributed by atoms with E-state index in [1.807, 2.05) is 0 Å². The number of fused-ring (bicyclic) bond motifs is 1. The first-order valence-corrected chi connectivity index (χ1v) is 5.44. The van der Waals surface area contributed by atoms with Crippen LogP contribution in [0.2, 0.25) is 10.3 Å². The van der Waals surface area contributed by atoms with Crippen LogP contribution in [0.25, 0.3) is 10.9 Å². The third kappa shape index (κ3) is 1.91. The average molecular weight is 258 g/mol. The van der Waals surface area contributed by atoms with Crippen LogP contribution in [0.5, 0.6) is 0 Å². The zero-order valence-corrected chi connectivity index (χ0v) is 9.79. The number of hydrogen-bond acceptors (Lipinski definition) is 3. The topological polar surface area (TPSA) is 60.9 Å². The lowest BCUT2D eigenvalue weighted by atomic mass is 10.2. The van der Waals surface area contributed by atoms with Gasteiger partial charge in [0, 0.05) is 18.1 Å². The molecule has 2 rings (SSSR count). The molecule has 1 aromatic carbocycles. The van der Waals surface area contributed by atoms with Gasteiger partial charge in [0.05, 0.1) is 10.9 Å². The number of rotatable bonds is 2. The predicted octanol–water partition coefficient (Wildman–Crippen LogP) is 1.66. The van der Waals surface area contributed by atoms with Gasteiger partial charge in [0.25, 0.3) is 5.56 Å². The molecule has 4 nitrogen and oxygen atoms in total. The normalized spacial score (nSPS) is 10.9. The van der Waals surface area contributed by atoms with Crippen molar-refractivity contribution in [1.29, 1.82) is 0 Å². The Kier molecular flexibility index (Phi) is 3.14. The van der Waals surface area contributed by atoms with Gasteiger partial charge in [-0.3, -0.25) is 9.36 Å². The number of halogens is 2. The van der Waals surface area contributed by atoms with Crippen molar-refractivity contribution in [2.24, 2.45) is 5.73 Å². The Hall–Kier alpha value is -1.10. The first kappa shape index (κ1) is 11.4. The van der Waals surface area contributed by atoms with E-state index in [2.05, 4.69) is 4.98 Å². The molecular weight excluding hydrogens is 249 g/mol. The highest BCUT2D eigenvalue weighted by Gasteiger charge is 2.08. The average Bonchev–Trinajstić information content (AvgIpc) is 2.23. The summed E-state index contributed by atoms with van der Waals surface area (Å²) in [6, 6.07) is 4.89. The summed E-state index contributed by atoms with van der Waals surface area (Å²) in [5, 5.41) is 1.14. The minimum Gasteiger partial charge on any atom is -0.329 e. The third-order valence-electron chi connectivity index (χ3n) is 2.22. The maximum Gasteiger partial charge on any atom is 0.262 e. The highest BCUT2D eigenvalue weighted by atomic mass is 35.5. The molecule has 1 heterocycles. The van der Waals surface area contributed by atoms with E-state index >= 15 is 0 Å². The summed E-state index contributed by atoms with van der Waals surface area (Å²) >= 11 is 11.7.